The number of amides is 1. The van der Waals surface area contributed by atoms with Gasteiger partial charge in [0.1, 0.15) is 5.82 Å². The van der Waals surface area contributed by atoms with Crippen molar-refractivity contribution in [2.45, 2.75) is 37.6 Å². The van der Waals surface area contributed by atoms with Crippen molar-refractivity contribution in [1.29, 1.82) is 0 Å². The van der Waals surface area contributed by atoms with E-state index in [0.717, 1.165) is 42.5 Å². The number of nitrogens with zero attached hydrogens (tertiary/aromatic N) is 1. The molecule has 1 fully saturated rings. The Labute approximate surface area is 141 Å². The molecule has 0 saturated heterocycles. The maximum absolute atomic E-state index is 14.6. The number of nitrogens with two attached hydrogens (primary N) is 1. The number of benzene rings is 2. The zero-order valence-corrected chi connectivity index (χ0v) is 13.6. The second kappa shape index (κ2) is 5.71. The summed E-state index contributed by atoms with van der Waals surface area (Å²) in [6.45, 7) is 1.04. The predicted molar refractivity (Wildman–Crippen MR) is 92.6 cm³/mol. The highest BCUT2D eigenvalue weighted by Crippen LogP contribution is 2.51. The van der Waals surface area contributed by atoms with Crippen LogP contribution in [0.25, 0.3) is 0 Å². The van der Waals surface area contributed by atoms with Gasteiger partial charge < -0.3 is 10.6 Å². The van der Waals surface area contributed by atoms with Crippen LogP contribution in [0.3, 0.4) is 0 Å². The van der Waals surface area contributed by atoms with Gasteiger partial charge in [-0.3, -0.25) is 4.79 Å². The van der Waals surface area contributed by atoms with Gasteiger partial charge in [-0.2, -0.15) is 0 Å². The smallest absolute Gasteiger partial charge is 0.258 e. The van der Waals surface area contributed by atoms with Crippen LogP contribution in [0, 0.1) is 5.82 Å². The average Bonchev–Trinajstić information content (AvgIpc) is 3.21. The van der Waals surface area contributed by atoms with Crippen molar-refractivity contribution >= 4 is 11.6 Å². The zero-order valence-electron chi connectivity index (χ0n) is 13.6. The molecular weight excluding hydrogens is 303 g/mol. The van der Waals surface area contributed by atoms with E-state index in [4.69, 9.17) is 5.73 Å². The van der Waals surface area contributed by atoms with Crippen LogP contribution in [-0.2, 0) is 12.0 Å². The molecule has 2 aliphatic rings. The van der Waals surface area contributed by atoms with Crippen molar-refractivity contribution in [3.63, 3.8) is 0 Å². The fraction of sp³-hybridized carbons (Fsp3) is 0.350. The molecule has 1 saturated carbocycles. The highest BCUT2D eigenvalue weighted by atomic mass is 19.1. The van der Waals surface area contributed by atoms with Gasteiger partial charge in [0.05, 0.1) is 5.69 Å². The van der Waals surface area contributed by atoms with E-state index in [1.165, 1.54) is 6.07 Å². The first-order chi connectivity index (χ1) is 11.6. The van der Waals surface area contributed by atoms with Gasteiger partial charge in [-0.25, -0.2) is 4.39 Å². The minimum absolute atomic E-state index is 0.0609. The molecule has 2 aromatic carbocycles. The molecule has 2 aromatic rings. The number of halogens is 1. The second-order valence-electron chi connectivity index (χ2n) is 6.91. The Morgan fingerprint density at radius 2 is 1.83 bits per heavy atom. The van der Waals surface area contributed by atoms with Crippen LogP contribution in [0.1, 0.15) is 47.2 Å². The molecule has 4 heteroatoms. The van der Waals surface area contributed by atoms with E-state index in [1.807, 2.05) is 30.3 Å². The summed E-state index contributed by atoms with van der Waals surface area (Å²) in [4.78, 5) is 14.8. The molecule has 4 rings (SSSR count). The summed E-state index contributed by atoms with van der Waals surface area (Å²) in [6.07, 6.45) is 4.11. The summed E-state index contributed by atoms with van der Waals surface area (Å²) in [7, 11) is 0. The molecule has 1 amide bonds. The lowest BCUT2D eigenvalue weighted by Crippen LogP contribution is -2.35. The third-order valence-electron chi connectivity index (χ3n) is 5.52. The topological polar surface area (TPSA) is 46.3 Å². The number of anilines is 1. The van der Waals surface area contributed by atoms with Crippen molar-refractivity contribution in [1.82, 2.24) is 0 Å². The standard InChI is InChI=1S/C20H21FN2O/c21-16-4-3-5-17-18(16)20(10-1-2-11-20)13-23(17)19(24)15-8-6-14(12-22)7-9-15/h3-9H,1-2,10-13,22H2. The second-order valence-corrected chi connectivity index (χ2v) is 6.91. The van der Waals surface area contributed by atoms with E-state index < -0.39 is 0 Å². The molecule has 1 aliphatic heterocycles. The first-order valence-electron chi connectivity index (χ1n) is 8.54. The van der Waals surface area contributed by atoms with Crippen LogP contribution >= 0.6 is 0 Å². The van der Waals surface area contributed by atoms with Crippen molar-refractivity contribution in [3.05, 3.63) is 65.0 Å². The van der Waals surface area contributed by atoms with Gasteiger partial charge in [0.15, 0.2) is 0 Å². The summed E-state index contributed by atoms with van der Waals surface area (Å²) in [5.41, 5.74) is 8.52. The Morgan fingerprint density at radius 1 is 1.12 bits per heavy atom. The molecule has 1 spiro atoms. The Kier molecular flexibility index (Phi) is 3.65. The highest BCUT2D eigenvalue weighted by Gasteiger charge is 2.48. The van der Waals surface area contributed by atoms with Gasteiger partial charge in [0.2, 0.25) is 0 Å². The normalized spacial score (nSPS) is 18.2. The summed E-state index contributed by atoms with van der Waals surface area (Å²) < 4.78 is 14.6. The molecule has 2 N–H and O–H groups in total. The lowest BCUT2D eigenvalue weighted by molar-refractivity contribution is 0.0985. The molecule has 0 radical (unpaired) electrons. The molecule has 0 bridgehead atoms. The highest BCUT2D eigenvalue weighted by molar-refractivity contribution is 6.07. The van der Waals surface area contributed by atoms with Crippen molar-refractivity contribution in [2.24, 2.45) is 5.73 Å². The Hall–Kier alpha value is -2.20. The zero-order chi connectivity index (χ0) is 16.7. The number of hydrogen-bond donors (Lipinski definition) is 1. The molecule has 0 unspecified atom stereocenters. The van der Waals surface area contributed by atoms with E-state index in [9.17, 15) is 9.18 Å². The summed E-state index contributed by atoms with van der Waals surface area (Å²) >= 11 is 0. The van der Waals surface area contributed by atoms with E-state index in [0.29, 0.717) is 18.7 Å². The largest absolute Gasteiger partial charge is 0.326 e. The Balaban J connectivity index is 1.74. The molecule has 124 valence electrons. The number of fused-ring (bicyclic) bond motifs is 2. The minimum Gasteiger partial charge on any atom is -0.326 e. The molecule has 24 heavy (non-hydrogen) atoms. The Bertz CT molecular complexity index is 779. The van der Waals surface area contributed by atoms with Crippen LogP contribution < -0.4 is 10.6 Å². The van der Waals surface area contributed by atoms with Crippen LogP contribution in [0.4, 0.5) is 10.1 Å². The van der Waals surface area contributed by atoms with E-state index in [-0.39, 0.29) is 17.1 Å². The van der Waals surface area contributed by atoms with Crippen LogP contribution in [0.5, 0.6) is 0 Å². The maximum Gasteiger partial charge on any atom is 0.258 e. The maximum atomic E-state index is 14.6. The summed E-state index contributed by atoms with van der Waals surface area (Å²) in [5.74, 6) is -0.239. The van der Waals surface area contributed by atoms with Crippen LogP contribution in [-0.4, -0.2) is 12.5 Å². The third-order valence-corrected chi connectivity index (χ3v) is 5.52. The molecule has 1 aliphatic carbocycles. The van der Waals surface area contributed by atoms with Gasteiger partial charge in [-0.1, -0.05) is 31.0 Å². The molecular formula is C20H21FN2O. The molecule has 3 nitrogen and oxygen atoms in total. The summed E-state index contributed by atoms with van der Waals surface area (Å²) in [5, 5.41) is 0. The minimum atomic E-state index is -0.201. The number of rotatable bonds is 2. The number of carbonyl (C=O) groups is 1. The number of carbonyl (C=O) groups excluding carboxylic acids is 1. The van der Waals surface area contributed by atoms with Crippen molar-refractivity contribution < 1.29 is 9.18 Å². The van der Waals surface area contributed by atoms with Crippen LogP contribution in [0.2, 0.25) is 0 Å². The average molecular weight is 324 g/mol. The van der Waals surface area contributed by atoms with Crippen molar-refractivity contribution in [2.75, 3.05) is 11.4 Å². The van der Waals surface area contributed by atoms with Gasteiger partial charge in [-0.05, 0) is 42.7 Å². The quantitative estimate of drug-likeness (QED) is 0.914. The van der Waals surface area contributed by atoms with Crippen molar-refractivity contribution in [3.8, 4) is 0 Å². The lowest BCUT2D eigenvalue weighted by atomic mass is 9.80. The summed E-state index contributed by atoms with van der Waals surface area (Å²) in [6, 6.07) is 12.5. The van der Waals surface area contributed by atoms with Gasteiger partial charge in [0.25, 0.3) is 5.91 Å². The Morgan fingerprint density at radius 3 is 2.50 bits per heavy atom. The first kappa shape index (κ1) is 15.3. The first-order valence-corrected chi connectivity index (χ1v) is 8.54. The van der Waals surface area contributed by atoms with Gasteiger partial charge in [-0.15, -0.1) is 0 Å². The SMILES string of the molecule is NCc1ccc(C(=O)N2CC3(CCCC3)c3c(F)cccc32)cc1. The van der Waals surface area contributed by atoms with Gasteiger partial charge >= 0.3 is 0 Å². The third kappa shape index (κ3) is 2.25. The van der Waals surface area contributed by atoms with E-state index in [1.54, 1.807) is 11.0 Å². The van der Waals surface area contributed by atoms with E-state index in [2.05, 4.69) is 0 Å². The fourth-order valence-corrected chi connectivity index (χ4v) is 4.31. The van der Waals surface area contributed by atoms with E-state index >= 15 is 0 Å². The molecule has 0 aromatic heterocycles. The fourth-order valence-electron chi connectivity index (χ4n) is 4.31. The van der Waals surface area contributed by atoms with Crippen LogP contribution in [0.15, 0.2) is 42.5 Å². The number of hydrogen-bond acceptors (Lipinski definition) is 2. The molecule has 0 atom stereocenters. The predicted octanol–water partition coefficient (Wildman–Crippen LogP) is 3.76. The van der Waals surface area contributed by atoms with Gasteiger partial charge in [0, 0.05) is 29.6 Å². The lowest BCUT2D eigenvalue weighted by Gasteiger charge is -2.25. The molecule has 1 heterocycles. The monoisotopic (exact) mass is 324 g/mol.